The van der Waals surface area contributed by atoms with Crippen LogP contribution in [-0.2, 0) is 6.42 Å². The average molecular weight is 281 g/mol. The summed E-state index contributed by atoms with van der Waals surface area (Å²) in [5.74, 6) is 2.53. The zero-order chi connectivity index (χ0) is 14.0. The number of nitrogen functional groups attached to an aromatic ring is 1. The second kappa shape index (κ2) is 5.48. The molecular weight excluding hydrogens is 264 g/mol. The number of methoxy groups -OCH3 is 1. The summed E-state index contributed by atoms with van der Waals surface area (Å²) in [6.07, 6.45) is 0.845. The predicted octanol–water partition coefficient (Wildman–Crippen LogP) is 2.91. The molecule has 0 unspecified atom stereocenters. The fourth-order valence-electron chi connectivity index (χ4n) is 1.81. The minimum Gasteiger partial charge on any atom is -0.496 e. The van der Waals surface area contributed by atoms with Crippen molar-refractivity contribution < 1.29 is 4.74 Å². The van der Waals surface area contributed by atoms with Crippen molar-refractivity contribution in [1.82, 2.24) is 15.2 Å². The first-order valence-electron chi connectivity index (χ1n) is 6.06. The van der Waals surface area contributed by atoms with Gasteiger partial charge in [0.05, 0.1) is 23.4 Å². The zero-order valence-corrected chi connectivity index (χ0v) is 12.0. The van der Waals surface area contributed by atoms with Crippen molar-refractivity contribution in [3.05, 3.63) is 23.0 Å². The number of aromatic amines is 1. The number of anilines is 1. The van der Waals surface area contributed by atoms with Gasteiger partial charge in [-0.3, -0.25) is 5.10 Å². The summed E-state index contributed by atoms with van der Waals surface area (Å²) in [6.45, 7) is 4.26. The van der Waals surface area contributed by atoms with Crippen LogP contribution in [0.25, 0.3) is 11.4 Å². The van der Waals surface area contributed by atoms with Crippen LogP contribution in [0, 0.1) is 5.92 Å². The third kappa shape index (κ3) is 2.98. The Morgan fingerprint density at radius 1 is 1.42 bits per heavy atom. The minimum atomic E-state index is 0.464. The van der Waals surface area contributed by atoms with Gasteiger partial charge in [-0.25, -0.2) is 4.98 Å². The lowest BCUT2D eigenvalue weighted by Crippen LogP contribution is -1.96. The number of benzene rings is 1. The third-order valence-corrected chi connectivity index (χ3v) is 3.02. The van der Waals surface area contributed by atoms with Gasteiger partial charge in [0.25, 0.3) is 0 Å². The van der Waals surface area contributed by atoms with Crippen molar-refractivity contribution in [2.45, 2.75) is 20.3 Å². The van der Waals surface area contributed by atoms with Crippen molar-refractivity contribution in [3.8, 4) is 17.1 Å². The SMILES string of the molecule is COc1cc(N)c(Cl)cc1-c1n[nH]c(CC(C)C)n1. The van der Waals surface area contributed by atoms with Gasteiger partial charge < -0.3 is 10.5 Å². The van der Waals surface area contributed by atoms with E-state index in [1.807, 2.05) is 0 Å². The quantitative estimate of drug-likeness (QED) is 0.844. The van der Waals surface area contributed by atoms with Crippen LogP contribution in [0.5, 0.6) is 5.75 Å². The molecule has 6 heteroatoms. The summed E-state index contributed by atoms with van der Waals surface area (Å²) in [5, 5.41) is 7.60. The highest BCUT2D eigenvalue weighted by atomic mass is 35.5. The molecule has 1 aromatic heterocycles. The molecule has 0 aliphatic rings. The molecule has 102 valence electrons. The maximum atomic E-state index is 6.04. The van der Waals surface area contributed by atoms with Crippen molar-refractivity contribution in [2.75, 3.05) is 12.8 Å². The molecule has 19 heavy (non-hydrogen) atoms. The van der Waals surface area contributed by atoms with E-state index < -0.39 is 0 Å². The van der Waals surface area contributed by atoms with Crippen molar-refractivity contribution in [2.24, 2.45) is 5.92 Å². The van der Waals surface area contributed by atoms with Gasteiger partial charge in [0, 0.05) is 12.5 Å². The number of ether oxygens (including phenoxy) is 1. The van der Waals surface area contributed by atoms with Crippen LogP contribution in [-0.4, -0.2) is 22.3 Å². The summed E-state index contributed by atoms with van der Waals surface area (Å²) in [4.78, 5) is 4.45. The number of nitrogens with two attached hydrogens (primary N) is 1. The first-order chi connectivity index (χ1) is 9.01. The molecule has 5 nitrogen and oxygen atoms in total. The summed E-state index contributed by atoms with van der Waals surface area (Å²) >= 11 is 6.04. The van der Waals surface area contributed by atoms with Gasteiger partial charge in [-0.05, 0) is 12.0 Å². The molecule has 2 aromatic rings. The van der Waals surface area contributed by atoms with Gasteiger partial charge in [-0.2, -0.15) is 5.10 Å². The maximum Gasteiger partial charge on any atom is 0.184 e. The standard InChI is InChI=1S/C13H17ClN4O/c1-7(2)4-12-16-13(18-17-12)8-5-9(14)10(15)6-11(8)19-3/h5-7H,4,15H2,1-3H3,(H,16,17,18). The monoisotopic (exact) mass is 280 g/mol. The highest BCUT2D eigenvalue weighted by Crippen LogP contribution is 2.34. The van der Waals surface area contributed by atoms with Crippen LogP contribution < -0.4 is 10.5 Å². The van der Waals surface area contributed by atoms with Gasteiger partial charge >= 0.3 is 0 Å². The predicted molar refractivity (Wildman–Crippen MR) is 76.3 cm³/mol. The van der Waals surface area contributed by atoms with E-state index >= 15 is 0 Å². The van der Waals surface area contributed by atoms with Gasteiger partial charge in [0.15, 0.2) is 5.82 Å². The lowest BCUT2D eigenvalue weighted by atomic mass is 10.1. The number of hydrogen-bond acceptors (Lipinski definition) is 4. The van der Waals surface area contributed by atoms with Crippen LogP contribution in [0.3, 0.4) is 0 Å². The molecule has 0 radical (unpaired) electrons. The van der Waals surface area contributed by atoms with Gasteiger partial charge in [0.2, 0.25) is 0 Å². The molecular formula is C13H17ClN4O. The van der Waals surface area contributed by atoms with Crippen molar-refractivity contribution >= 4 is 17.3 Å². The van der Waals surface area contributed by atoms with Crippen LogP contribution in [0.15, 0.2) is 12.1 Å². The molecule has 0 saturated carbocycles. The molecule has 0 fully saturated rings. The second-order valence-corrected chi connectivity index (χ2v) is 5.18. The number of nitrogens with one attached hydrogen (secondary N) is 1. The molecule has 0 bridgehead atoms. The van der Waals surface area contributed by atoms with E-state index in [1.165, 1.54) is 0 Å². The van der Waals surface area contributed by atoms with E-state index in [9.17, 15) is 0 Å². The molecule has 0 spiro atoms. The zero-order valence-electron chi connectivity index (χ0n) is 11.2. The van der Waals surface area contributed by atoms with Crippen LogP contribution in [0.1, 0.15) is 19.7 Å². The van der Waals surface area contributed by atoms with E-state index in [0.29, 0.717) is 28.2 Å². The van der Waals surface area contributed by atoms with Gasteiger partial charge in [0.1, 0.15) is 11.6 Å². The first kappa shape index (κ1) is 13.7. The van der Waals surface area contributed by atoms with E-state index in [4.69, 9.17) is 22.1 Å². The maximum absolute atomic E-state index is 6.04. The summed E-state index contributed by atoms with van der Waals surface area (Å²) in [5.41, 5.74) is 6.96. The number of H-pyrrole nitrogens is 1. The molecule has 0 atom stereocenters. The van der Waals surface area contributed by atoms with Gasteiger partial charge in [-0.1, -0.05) is 25.4 Å². The van der Waals surface area contributed by atoms with Crippen LogP contribution >= 0.6 is 11.6 Å². The number of aromatic nitrogens is 3. The van der Waals surface area contributed by atoms with E-state index in [-0.39, 0.29) is 0 Å². The average Bonchev–Trinajstić information content (AvgIpc) is 2.79. The second-order valence-electron chi connectivity index (χ2n) is 4.78. The smallest absolute Gasteiger partial charge is 0.184 e. The lowest BCUT2D eigenvalue weighted by Gasteiger charge is -2.08. The summed E-state index contributed by atoms with van der Waals surface area (Å²) in [6, 6.07) is 3.40. The lowest BCUT2D eigenvalue weighted by molar-refractivity contribution is 0.416. The summed E-state index contributed by atoms with van der Waals surface area (Å²) in [7, 11) is 1.58. The van der Waals surface area contributed by atoms with Crippen LogP contribution in [0.2, 0.25) is 5.02 Å². The van der Waals surface area contributed by atoms with Gasteiger partial charge in [-0.15, -0.1) is 0 Å². The highest BCUT2D eigenvalue weighted by molar-refractivity contribution is 6.33. The highest BCUT2D eigenvalue weighted by Gasteiger charge is 2.14. The van der Waals surface area contributed by atoms with Crippen molar-refractivity contribution in [1.29, 1.82) is 0 Å². The number of nitrogens with zero attached hydrogens (tertiary/aromatic N) is 2. The molecule has 0 aliphatic carbocycles. The Hall–Kier alpha value is -1.75. The van der Waals surface area contributed by atoms with Crippen LogP contribution in [0.4, 0.5) is 5.69 Å². The Balaban J connectivity index is 2.40. The number of hydrogen-bond donors (Lipinski definition) is 2. The fraction of sp³-hybridized carbons (Fsp3) is 0.385. The van der Waals surface area contributed by atoms with E-state index in [2.05, 4.69) is 29.0 Å². The molecule has 3 N–H and O–H groups in total. The Labute approximate surface area is 117 Å². The minimum absolute atomic E-state index is 0.464. The fourth-order valence-corrected chi connectivity index (χ4v) is 1.97. The number of rotatable bonds is 4. The largest absolute Gasteiger partial charge is 0.496 e. The normalized spacial score (nSPS) is 11.0. The Bertz CT molecular complexity index is 580. The molecule has 1 heterocycles. The molecule has 1 aromatic carbocycles. The molecule has 2 rings (SSSR count). The van der Waals surface area contributed by atoms with E-state index in [0.717, 1.165) is 17.8 Å². The Morgan fingerprint density at radius 3 is 2.79 bits per heavy atom. The first-order valence-corrected chi connectivity index (χ1v) is 6.43. The number of halogens is 1. The molecule has 0 aliphatic heterocycles. The topological polar surface area (TPSA) is 76.8 Å². The summed E-state index contributed by atoms with van der Waals surface area (Å²) < 4.78 is 5.29. The van der Waals surface area contributed by atoms with Crippen molar-refractivity contribution in [3.63, 3.8) is 0 Å². The Kier molecular flexibility index (Phi) is 3.95. The molecule has 0 amide bonds. The molecule has 0 saturated heterocycles. The van der Waals surface area contributed by atoms with E-state index in [1.54, 1.807) is 19.2 Å². The Morgan fingerprint density at radius 2 is 2.16 bits per heavy atom. The third-order valence-electron chi connectivity index (χ3n) is 2.69.